The van der Waals surface area contributed by atoms with Crippen LogP contribution in [0.3, 0.4) is 0 Å². The summed E-state index contributed by atoms with van der Waals surface area (Å²) in [7, 11) is 0. The van der Waals surface area contributed by atoms with E-state index in [0.717, 1.165) is 24.8 Å². The van der Waals surface area contributed by atoms with Crippen LogP contribution in [0.2, 0.25) is 0 Å². The van der Waals surface area contributed by atoms with Crippen LogP contribution in [0, 0.1) is 5.41 Å². The lowest BCUT2D eigenvalue weighted by Crippen LogP contribution is -2.47. The average molecular weight is 436 g/mol. The monoisotopic (exact) mass is 435 g/mol. The first-order chi connectivity index (χ1) is 12.6. The number of rotatable bonds is 3. The minimum absolute atomic E-state index is 0.0168. The Morgan fingerprint density at radius 3 is 2.63 bits per heavy atom. The van der Waals surface area contributed by atoms with Gasteiger partial charge in [-0.25, -0.2) is 9.78 Å². The second-order valence-electron chi connectivity index (χ2n) is 9.32. The van der Waals surface area contributed by atoms with Gasteiger partial charge in [0, 0.05) is 6.04 Å². The summed E-state index contributed by atoms with van der Waals surface area (Å²) in [5.74, 6) is 0.894. The van der Waals surface area contributed by atoms with Crippen LogP contribution in [0.5, 0.6) is 0 Å². The van der Waals surface area contributed by atoms with Crippen LogP contribution in [-0.4, -0.2) is 39.6 Å². The fraction of sp³-hybridized carbons (Fsp3) is 0.650. The van der Waals surface area contributed by atoms with E-state index in [1.165, 1.54) is 0 Å². The molecule has 2 saturated carbocycles. The van der Waals surface area contributed by atoms with Crippen molar-refractivity contribution in [1.29, 1.82) is 0 Å². The molecule has 6 nitrogen and oxygen atoms in total. The molecule has 3 aliphatic rings. The van der Waals surface area contributed by atoms with Gasteiger partial charge in [0.05, 0.1) is 0 Å². The zero-order valence-electron chi connectivity index (χ0n) is 16.2. The fourth-order valence-electron chi connectivity index (χ4n) is 4.05. The second kappa shape index (κ2) is 6.19. The molecule has 1 unspecified atom stereocenters. The molecule has 4 rings (SSSR count). The third-order valence-corrected chi connectivity index (χ3v) is 6.14. The molecular formula is C20H26BrN3O3. The predicted octanol–water partition coefficient (Wildman–Crippen LogP) is 4.45. The SMILES string of the molecule is CC(C)(C)OC(=O)N1C2C[C@]2(C)C[C@H]1C(=O)Nc1nc(Br)ccc1C1CC1. The summed E-state index contributed by atoms with van der Waals surface area (Å²) in [5, 5.41) is 2.99. The minimum Gasteiger partial charge on any atom is -0.444 e. The van der Waals surface area contributed by atoms with Crippen LogP contribution >= 0.6 is 15.9 Å². The van der Waals surface area contributed by atoms with Crippen LogP contribution in [-0.2, 0) is 9.53 Å². The molecule has 27 heavy (non-hydrogen) atoms. The highest BCUT2D eigenvalue weighted by atomic mass is 79.9. The van der Waals surface area contributed by atoms with E-state index in [-0.39, 0.29) is 17.4 Å². The van der Waals surface area contributed by atoms with Gasteiger partial charge in [-0.1, -0.05) is 13.0 Å². The Morgan fingerprint density at radius 2 is 2.00 bits per heavy atom. The summed E-state index contributed by atoms with van der Waals surface area (Å²) in [6, 6.07) is 3.49. The summed E-state index contributed by atoms with van der Waals surface area (Å²) < 4.78 is 6.26. The van der Waals surface area contributed by atoms with Crippen LogP contribution in [0.4, 0.5) is 10.6 Å². The fourth-order valence-corrected chi connectivity index (χ4v) is 4.36. The molecule has 1 N–H and O–H groups in total. The molecule has 0 aromatic carbocycles. The summed E-state index contributed by atoms with van der Waals surface area (Å²) in [4.78, 5) is 32.0. The van der Waals surface area contributed by atoms with Crippen molar-refractivity contribution in [3.05, 3.63) is 22.3 Å². The number of piperidine rings is 1. The van der Waals surface area contributed by atoms with E-state index in [2.05, 4.69) is 33.2 Å². The summed E-state index contributed by atoms with van der Waals surface area (Å²) in [6.45, 7) is 7.66. The van der Waals surface area contributed by atoms with E-state index in [4.69, 9.17) is 4.74 Å². The van der Waals surface area contributed by atoms with Gasteiger partial charge in [-0.15, -0.1) is 0 Å². The second-order valence-corrected chi connectivity index (χ2v) is 10.1. The van der Waals surface area contributed by atoms with E-state index in [1.54, 1.807) is 4.90 Å². The van der Waals surface area contributed by atoms with Crippen molar-refractivity contribution in [2.45, 2.75) is 77.0 Å². The number of pyridine rings is 1. The molecule has 1 aromatic rings. The number of likely N-dealkylation sites (tertiary alicyclic amines) is 1. The van der Waals surface area contributed by atoms with Crippen LogP contribution < -0.4 is 5.32 Å². The Labute approximate surface area is 168 Å². The standard InChI is InChI=1S/C20H26BrN3O3/c1-19(2,3)27-18(26)24-13(9-20(4)10-14(20)24)17(25)23-16-12(11-5-6-11)7-8-15(21)22-16/h7-8,11,13-14H,5-6,9-10H2,1-4H3,(H,22,23,25)/t13-,14?,20-/m0/s1. The summed E-state index contributed by atoms with van der Waals surface area (Å²) >= 11 is 3.39. The van der Waals surface area contributed by atoms with Crippen molar-refractivity contribution in [1.82, 2.24) is 9.88 Å². The Kier molecular flexibility index (Phi) is 4.29. The number of carbonyl (C=O) groups is 2. The van der Waals surface area contributed by atoms with Gasteiger partial charge in [0.25, 0.3) is 0 Å². The zero-order chi connectivity index (χ0) is 19.6. The highest BCUT2D eigenvalue weighted by Crippen LogP contribution is 2.59. The van der Waals surface area contributed by atoms with E-state index in [9.17, 15) is 9.59 Å². The predicted molar refractivity (Wildman–Crippen MR) is 106 cm³/mol. The van der Waals surface area contributed by atoms with Gasteiger partial charge in [-0.05, 0) is 85.3 Å². The molecule has 2 heterocycles. The minimum atomic E-state index is -0.586. The molecule has 1 saturated heterocycles. The Bertz CT molecular complexity index is 802. The number of anilines is 1. The van der Waals surface area contributed by atoms with Crippen molar-refractivity contribution >= 4 is 33.7 Å². The number of ether oxygens (including phenoxy) is 1. The summed E-state index contributed by atoms with van der Waals surface area (Å²) in [6.07, 6.45) is 3.44. The zero-order valence-corrected chi connectivity index (χ0v) is 17.8. The van der Waals surface area contributed by atoms with E-state index >= 15 is 0 Å². The molecule has 2 amide bonds. The van der Waals surface area contributed by atoms with Crippen LogP contribution in [0.25, 0.3) is 0 Å². The Morgan fingerprint density at radius 1 is 1.30 bits per heavy atom. The third-order valence-electron chi connectivity index (χ3n) is 5.69. The summed E-state index contributed by atoms with van der Waals surface area (Å²) in [5.41, 5.74) is 0.504. The van der Waals surface area contributed by atoms with Crippen LogP contribution in [0.1, 0.15) is 64.9 Å². The number of halogens is 1. The van der Waals surface area contributed by atoms with Gasteiger partial charge in [-0.2, -0.15) is 0 Å². The first-order valence-electron chi connectivity index (χ1n) is 9.56. The molecule has 3 fully saturated rings. The number of hydrogen-bond acceptors (Lipinski definition) is 4. The maximum atomic E-state index is 13.1. The molecule has 0 radical (unpaired) electrons. The van der Waals surface area contributed by atoms with E-state index < -0.39 is 17.7 Å². The lowest BCUT2D eigenvalue weighted by atomic mass is 10.0. The first kappa shape index (κ1) is 18.7. The molecule has 3 atom stereocenters. The van der Waals surface area contributed by atoms with E-state index in [0.29, 0.717) is 22.8 Å². The van der Waals surface area contributed by atoms with Crippen molar-refractivity contribution in [2.75, 3.05) is 5.32 Å². The molecule has 1 aromatic heterocycles. The number of nitrogens with zero attached hydrogens (tertiary/aromatic N) is 2. The lowest BCUT2D eigenvalue weighted by Gasteiger charge is -2.30. The maximum Gasteiger partial charge on any atom is 0.411 e. The smallest absolute Gasteiger partial charge is 0.411 e. The van der Waals surface area contributed by atoms with Gasteiger partial charge in [0.15, 0.2) is 0 Å². The molecule has 7 heteroatoms. The van der Waals surface area contributed by atoms with Crippen molar-refractivity contribution in [3.63, 3.8) is 0 Å². The number of amides is 2. The highest BCUT2D eigenvalue weighted by Gasteiger charge is 2.65. The van der Waals surface area contributed by atoms with Crippen molar-refractivity contribution < 1.29 is 14.3 Å². The van der Waals surface area contributed by atoms with Crippen molar-refractivity contribution in [2.24, 2.45) is 5.41 Å². The molecule has 146 valence electrons. The maximum absolute atomic E-state index is 13.1. The van der Waals surface area contributed by atoms with Gasteiger partial charge in [0.2, 0.25) is 5.91 Å². The van der Waals surface area contributed by atoms with Gasteiger partial charge in [-0.3, -0.25) is 9.69 Å². The van der Waals surface area contributed by atoms with Gasteiger partial charge < -0.3 is 10.1 Å². The van der Waals surface area contributed by atoms with Gasteiger partial charge >= 0.3 is 6.09 Å². The lowest BCUT2D eigenvalue weighted by molar-refractivity contribution is -0.121. The number of carbonyl (C=O) groups excluding carboxylic acids is 2. The van der Waals surface area contributed by atoms with Gasteiger partial charge in [0.1, 0.15) is 22.1 Å². The van der Waals surface area contributed by atoms with Crippen LogP contribution in [0.15, 0.2) is 16.7 Å². The average Bonchev–Trinajstić information content (AvgIpc) is 3.44. The molecule has 1 aliphatic heterocycles. The normalized spacial score (nSPS) is 29.3. The Balaban J connectivity index is 1.54. The Hall–Kier alpha value is -1.63. The number of aromatic nitrogens is 1. The topological polar surface area (TPSA) is 71.5 Å². The highest BCUT2D eigenvalue weighted by molar-refractivity contribution is 9.10. The van der Waals surface area contributed by atoms with E-state index in [1.807, 2.05) is 32.9 Å². The number of nitrogens with one attached hydrogen (secondary N) is 1. The molecule has 0 bridgehead atoms. The molecule has 0 spiro atoms. The quantitative estimate of drug-likeness (QED) is 0.711. The largest absolute Gasteiger partial charge is 0.444 e. The number of fused-ring (bicyclic) bond motifs is 1. The molecule has 2 aliphatic carbocycles. The third kappa shape index (κ3) is 3.71. The molecular weight excluding hydrogens is 410 g/mol. The first-order valence-corrected chi connectivity index (χ1v) is 10.4. The van der Waals surface area contributed by atoms with Crippen molar-refractivity contribution in [3.8, 4) is 0 Å². The number of hydrogen-bond donors (Lipinski definition) is 1.